The van der Waals surface area contributed by atoms with E-state index in [-0.39, 0.29) is 6.10 Å². The Labute approximate surface area is 140 Å². The summed E-state index contributed by atoms with van der Waals surface area (Å²) in [5.74, 6) is 0.810. The molecular weight excluding hydrogens is 302 g/mol. The van der Waals surface area contributed by atoms with Gasteiger partial charge in [-0.05, 0) is 35.7 Å². The molecule has 0 amide bonds. The second-order valence-electron chi connectivity index (χ2n) is 5.86. The lowest BCUT2D eigenvalue weighted by Crippen LogP contribution is -2.11. The van der Waals surface area contributed by atoms with Gasteiger partial charge in [0.15, 0.2) is 5.82 Å². The van der Waals surface area contributed by atoms with Crippen molar-refractivity contribution >= 4 is 0 Å². The van der Waals surface area contributed by atoms with Crippen molar-refractivity contribution in [2.24, 2.45) is 0 Å². The van der Waals surface area contributed by atoms with Crippen LogP contribution in [0.15, 0.2) is 61.1 Å². The second kappa shape index (κ2) is 6.95. The van der Waals surface area contributed by atoms with Gasteiger partial charge in [0.2, 0.25) is 0 Å². The maximum absolute atomic E-state index is 5.90. The minimum atomic E-state index is 0.223. The quantitative estimate of drug-likeness (QED) is 0.724. The third-order valence-electron chi connectivity index (χ3n) is 4.10. The van der Waals surface area contributed by atoms with Gasteiger partial charge in [0.1, 0.15) is 0 Å². The van der Waals surface area contributed by atoms with Crippen molar-refractivity contribution in [3.63, 3.8) is 0 Å². The number of aromatic nitrogens is 3. The van der Waals surface area contributed by atoms with Crippen LogP contribution in [-0.4, -0.2) is 34.1 Å². The summed E-state index contributed by atoms with van der Waals surface area (Å²) in [6.45, 7) is 2.12. The molecule has 4 rings (SSSR count). The topological polar surface area (TPSA) is 49.2 Å². The highest BCUT2D eigenvalue weighted by atomic mass is 16.5. The number of rotatable bonds is 5. The van der Waals surface area contributed by atoms with E-state index < -0.39 is 0 Å². The molecule has 0 saturated carbocycles. The van der Waals surface area contributed by atoms with Gasteiger partial charge in [0.05, 0.1) is 25.5 Å². The molecule has 0 radical (unpaired) electrons. The summed E-state index contributed by atoms with van der Waals surface area (Å²) in [5.41, 5.74) is 3.35. The number of nitrogens with zero attached hydrogens (tertiary/aromatic N) is 3. The van der Waals surface area contributed by atoms with Crippen molar-refractivity contribution in [3.8, 4) is 16.9 Å². The number of pyridine rings is 1. The zero-order valence-corrected chi connectivity index (χ0v) is 13.3. The van der Waals surface area contributed by atoms with E-state index in [1.165, 1.54) is 0 Å². The smallest absolute Gasteiger partial charge is 0.153 e. The first-order valence-electron chi connectivity index (χ1n) is 8.13. The van der Waals surface area contributed by atoms with Crippen molar-refractivity contribution in [3.05, 3.63) is 66.6 Å². The molecular formula is C19H19N3O2. The Morgan fingerprint density at radius 1 is 1.17 bits per heavy atom. The van der Waals surface area contributed by atoms with Gasteiger partial charge in [-0.2, -0.15) is 5.10 Å². The van der Waals surface area contributed by atoms with Crippen LogP contribution >= 0.6 is 0 Å². The van der Waals surface area contributed by atoms with E-state index in [9.17, 15) is 0 Å². The molecule has 1 aliphatic rings. The molecule has 1 atom stereocenters. The van der Waals surface area contributed by atoms with Crippen LogP contribution in [-0.2, 0) is 16.1 Å². The largest absolute Gasteiger partial charge is 0.379 e. The summed E-state index contributed by atoms with van der Waals surface area (Å²) in [6, 6.07) is 14.2. The van der Waals surface area contributed by atoms with E-state index in [1.54, 1.807) is 10.9 Å². The van der Waals surface area contributed by atoms with Crippen LogP contribution in [0.5, 0.6) is 0 Å². The van der Waals surface area contributed by atoms with Crippen LogP contribution in [0.2, 0.25) is 0 Å². The molecule has 0 spiro atoms. The van der Waals surface area contributed by atoms with Crippen molar-refractivity contribution in [2.45, 2.75) is 19.1 Å². The predicted molar refractivity (Wildman–Crippen MR) is 90.8 cm³/mol. The lowest BCUT2D eigenvalue weighted by atomic mass is 10.1. The lowest BCUT2D eigenvalue weighted by Gasteiger charge is -2.10. The van der Waals surface area contributed by atoms with Crippen molar-refractivity contribution < 1.29 is 9.47 Å². The fourth-order valence-corrected chi connectivity index (χ4v) is 2.79. The summed E-state index contributed by atoms with van der Waals surface area (Å²) >= 11 is 0. The van der Waals surface area contributed by atoms with Gasteiger partial charge in [-0.15, -0.1) is 0 Å². The summed E-state index contributed by atoms with van der Waals surface area (Å²) in [6.07, 6.45) is 6.82. The number of hydrogen-bond acceptors (Lipinski definition) is 4. The molecule has 122 valence electrons. The molecule has 1 saturated heterocycles. The Balaban J connectivity index is 1.50. The van der Waals surface area contributed by atoms with Gasteiger partial charge in [-0.3, -0.25) is 0 Å². The van der Waals surface area contributed by atoms with Gasteiger partial charge in [0, 0.05) is 24.6 Å². The van der Waals surface area contributed by atoms with Crippen molar-refractivity contribution in [1.29, 1.82) is 0 Å². The molecule has 1 aliphatic heterocycles. The first-order chi connectivity index (χ1) is 11.9. The van der Waals surface area contributed by atoms with Crippen LogP contribution in [0.3, 0.4) is 0 Å². The van der Waals surface area contributed by atoms with Gasteiger partial charge >= 0.3 is 0 Å². The molecule has 0 aliphatic carbocycles. The molecule has 2 aromatic heterocycles. The molecule has 1 unspecified atom stereocenters. The third-order valence-corrected chi connectivity index (χ3v) is 4.10. The predicted octanol–water partition coefficient (Wildman–Crippen LogP) is 3.24. The molecule has 1 aromatic carbocycles. The highest BCUT2D eigenvalue weighted by Crippen LogP contribution is 2.22. The molecule has 3 heterocycles. The Kier molecular flexibility index (Phi) is 4.36. The highest BCUT2D eigenvalue weighted by Gasteiger charge is 2.16. The van der Waals surface area contributed by atoms with Gasteiger partial charge in [-0.1, -0.05) is 24.3 Å². The summed E-state index contributed by atoms with van der Waals surface area (Å²) < 4.78 is 13.0. The number of benzene rings is 1. The van der Waals surface area contributed by atoms with E-state index in [0.717, 1.165) is 35.5 Å². The van der Waals surface area contributed by atoms with Crippen molar-refractivity contribution in [2.75, 3.05) is 13.2 Å². The molecule has 24 heavy (non-hydrogen) atoms. The zero-order valence-electron chi connectivity index (χ0n) is 13.3. The number of ether oxygens (including phenoxy) is 2. The third kappa shape index (κ3) is 3.37. The Hall–Kier alpha value is -2.50. The van der Waals surface area contributed by atoms with Crippen LogP contribution in [0.4, 0.5) is 0 Å². The van der Waals surface area contributed by atoms with E-state index >= 15 is 0 Å². The lowest BCUT2D eigenvalue weighted by molar-refractivity contribution is 0.0318. The number of hydrogen-bond donors (Lipinski definition) is 0. The first kappa shape index (κ1) is 15.1. The minimum absolute atomic E-state index is 0.223. The van der Waals surface area contributed by atoms with Crippen molar-refractivity contribution in [1.82, 2.24) is 14.8 Å². The molecule has 3 aromatic rings. The van der Waals surface area contributed by atoms with Crippen LogP contribution < -0.4 is 0 Å². The Morgan fingerprint density at radius 3 is 3.00 bits per heavy atom. The molecule has 1 fully saturated rings. The fraction of sp³-hybridized carbons (Fsp3) is 0.263. The van der Waals surface area contributed by atoms with Gasteiger partial charge in [-0.25, -0.2) is 9.67 Å². The van der Waals surface area contributed by atoms with E-state index in [4.69, 9.17) is 9.47 Å². The summed E-state index contributed by atoms with van der Waals surface area (Å²) in [4.78, 5) is 4.32. The SMILES string of the molecule is c1ccc(-n2cc(-c3cccc(COC4CCOC4)c3)cn2)nc1. The summed E-state index contributed by atoms with van der Waals surface area (Å²) in [7, 11) is 0. The van der Waals surface area contributed by atoms with Crippen LogP contribution in [0, 0.1) is 0 Å². The molecule has 0 bridgehead atoms. The Bertz CT molecular complexity index is 795. The molecule has 0 N–H and O–H groups in total. The van der Waals surface area contributed by atoms with E-state index in [0.29, 0.717) is 13.2 Å². The average Bonchev–Trinajstić information content (AvgIpc) is 3.33. The van der Waals surface area contributed by atoms with Crippen LogP contribution in [0.25, 0.3) is 16.9 Å². The first-order valence-corrected chi connectivity index (χ1v) is 8.13. The molecule has 5 heteroatoms. The standard InChI is InChI=1S/C19H19N3O2/c1-2-8-20-19(6-1)22-12-17(11-21-22)16-5-3-4-15(10-16)13-24-18-7-9-23-14-18/h1-6,8,10-12,18H,7,9,13-14H2. The summed E-state index contributed by atoms with van der Waals surface area (Å²) in [5, 5.41) is 4.41. The second-order valence-corrected chi connectivity index (χ2v) is 5.86. The Morgan fingerprint density at radius 2 is 2.17 bits per heavy atom. The molecule has 5 nitrogen and oxygen atoms in total. The monoisotopic (exact) mass is 321 g/mol. The van der Waals surface area contributed by atoms with Crippen LogP contribution in [0.1, 0.15) is 12.0 Å². The fourth-order valence-electron chi connectivity index (χ4n) is 2.79. The average molecular weight is 321 g/mol. The van der Waals surface area contributed by atoms with Gasteiger partial charge in [0.25, 0.3) is 0 Å². The zero-order chi connectivity index (χ0) is 16.2. The highest BCUT2D eigenvalue weighted by molar-refractivity contribution is 5.62. The van der Waals surface area contributed by atoms with Gasteiger partial charge < -0.3 is 9.47 Å². The maximum atomic E-state index is 5.90. The van der Waals surface area contributed by atoms with E-state index in [2.05, 4.69) is 34.3 Å². The maximum Gasteiger partial charge on any atom is 0.153 e. The minimum Gasteiger partial charge on any atom is -0.379 e. The van der Waals surface area contributed by atoms with E-state index in [1.807, 2.05) is 30.6 Å². The normalized spacial score (nSPS) is 17.2.